The summed E-state index contributed by atoms with van der Waals surface area (Å²) in [4.78, 5) is 0. The first-order valence-electron chi connectivity index (χ1n) is 7.96. The Morgan fingerprint density at radius 2 is 1.82 bits per heavy atom. The number of nitrogen functional groups attached to an aromatic ring is 1. The van der Waals surface area contributed by atoms with Crippen LogP contribution in [0.15, 0.2) is 36.4 Å². The molecule has 0 unspecified atom stereocenters. The van der Waals surface area contributed by atoms with Crippen molar-refractivity contribution >= 4 is 5.69 Å². The topological polar surface area (TPSA) is 44.5 Å². The Labute approximate surface area is 132 Å². The van der Waals surface area contributed by atoms with Crippen LogP contribution in [0.2, 0.25) is 0 Å². The SMILES string of the molecule is Cc1cc(OCCOc2cccc3c2CCCC3)ccc1N. The molecular formula is C19H23NO2. The van der Waals surface area contributed by atoms with Crippen molar-refractivity contribution in [1.29, 1.82) is 0 Å². The lowest BCUT2D eigenvalue weighted by Gasteiger charge is -2.19. The first kappa shape index (κ1) is 14.8. The van der Waals surface area contributed by atoms with Crippen LogP contribution in [0.1, 0.15) is 29.5 Å². The molecule has 22 heavy (non-hydrogen) atoms. The molecule has 0 spiro atoms. The summed E-state index contributed by atoms with van der Waals surface area (Å²) in [5.74, 6) is 1.86. The average Bonchev–Trinajstić information content (AvgIpc) is 2.55. The molecule has 0 aliphatic heterocycles. The largest absolute Gasteiger partial charge is 0.490 e. The summed E-state index contributed by atoms with van der Waals surface area (Å²) in [6, 6.07) is 12.1. The number of nitrogens with two attached hydrogens (primary N) is 1. The zero-order chi connectivity index (χ0) is 15.4. The molecule has 1 aliphatic carbocycles. The van der Waals surface area contributed by atoms with Crippen LogP contribution >= 0.6 is 0 Å². The number of benzene rings is 2. The first-order chi connectivity index (χ1) is 10.7. The highest BCUT2D eigenvalue weighted by Gasteiger charge is 2.13. The second-order valence-electron chi connectivity index (χ2n) is 5.82. The molecule has 0 amide bonds. The highest BCUT2D eigenvalue weighted by Crippen LogP contribution is 2.29. The molecule has 2 aromatic carbocycles. The maximum Gasteiger partial charge on any atom is 0.122 e. The van der Waals surface area contributed by atoms with E-state index < -0.39 is 0 Å². The molecule has 3 heteroatoms. The number of hydrogen-bond donors (Lipinski definition) is 1. The summed E-state index contributed by atoms with van der Waals surface area (Å²) in [6.07, 6.45) is 4.85. The number of fused-ring (bicyclic) bond motifs is 1. The molecule has 0 fully saturated rings. The fraction of sp³-hybridized carbons (Fsp3) is 0.368. The van der Waals surface area contributed by atoms with E-state index in [1.807, 2.05) is 25.1 Å². The summed E-state index contributed by atoms with van der Waals surface area (Å²) >= 11 is 0. The van der Waals surface area contributed by atoms with Crippen molar-refractivity contribution in [1.82, 2.24) is 0 Å². The summed E-state index contributed by atoms with van der Waals surface area (Å²) in [5, 5.41) is 0. The van der Waals surface area contributed by atoms with Crippen LogP contribution in [0.4, 0.5) is 5.69 Å². The van der Waals surface area contributed by atoms with Crippen molar-refractivity contribution < 1.29 is 9.47 Å². The summed E-state index contributed by atoms with van der Waals surface area (Å²) in [5.41, 5.74) is 10.5. The zero-order valence-electron chi connectivity index (χ0n) is 13.1. The van der Waals surface area contributed by atoms with Gasteiger partial charge in [-0.15, -0.1) is 0 Å². The van der Waals surface area contributed by atoms with Crippen LogP contribution < -0.4 is 15.2 Å². The lowest BCUT2D eigenvalue weighted by molar-refractivity contribution is 0.215. The molecule has 2 aromatic rings. The quantitative estimate of drug-likeness (QED) is 0.672. The Morgan fingerprint density at radius 3 is 2.68 bits per heavy atom. The van der Waals surface area contributed by atoms with E-state index in [-0.39, 0.29) is 0 Å². The molecule has 0 heterocycles. The first-order valence-corrected chi connectivity index (χ1v) is 7.96. The van der Waals surface area contributed by atoms with Crippen molar-refractivity contribution in [2.45, 2.75) is 32.6 Å². The van der Waals surface area contributed by atoms with Gasteiger partial charge in [-0.05, 0) is 73.6 Å². The van der Waals surface area contributed by atoms with Gasteiger partial charge >= 0.3 is 0 Å². The van der Waals surface area contributed by atoms with Crippen LogP contribution in [0.25, 0.3) is 0 Å². The van der Waals surface area contributed by atoms with E-state index >= 15 is 0 Å². The molecule has 0 aromatic heterocycles. The molecule has 0 bridgehead atoms. The van der Waals surface area contributed by atoms with Crippen LogP contribution in [-0.2, 0) is 12.8 Å². The van der Waals surface area contributed by atoms with Crippen molar-refractivity contribution in [3.8, 4) is 11.5 Å². The minimum atomic E-state index is 0.535. The summed E-state index contributed by atoms with van der Waals surface area (Å²) in [7, 11) is 0. The summed E-state index contributed by atoms with van der Waals surface area (Å²) < 4.78 is 11.7. The predicted octanol–water partition coefficient (Wildman–Crippen LogP) is 3.91. The van der Waals surface area contributed by atoms with Gasteiger partial charge in [-0.1, -0.05) is 12.1 Å². The molecular weight excluding hydrogens is 274 g/mol. The van der Waals surface area contributed by atoms with Gasteiger partial charge in [-0.3, -0.25) is 0 Å². The normalized spacial score (nSPS) is 13.5. The van der Waals surface area contributed by atoms with Gasteiger partial charge in [0.05, 0.1) is 0 Å². The number of hydrogen-bond acceptors (Lipinski definition) is 3. The molecule has 0 saturated heterocycles. The van der Waals surface area contributed by atoms with Gasteiger partial charge in [-0.25, -0.2) is 0 Å². The minimum Gasteiger partial charge on any atom is -0.490 e. The van der Waals surface area contributed by atoms with E-state index in [9.17, 15) is 0 Å². The second-order valence-corrected chi connectivity index (χ2v) is 5.82. The number of rotatable bonds is 5. The van der Waals surface area contributed by atoms with E-state index in [0.29, 0.717) is 13.2 Å². The third-order valence-corrected chi connectivity index (χ3v) is 4.20. The molecule has 0 atom stereocenters. The van der Waals surface area contributed by atoms with Gasteiger partial charge in [0.15, 0.2) is 0 Å². The monoisotopic (exact) mass is 297 g/mol. The molecule has 3 rings (SSSR count). The highest BCUT2D eigenvalue weighted by molar-refractivity contribution is 5.49. The number of ether oxygens (including phenoxy) is 2. The van der Waals surface area contributed by atoms with Crippen LogP contribution in [0.3, 0.4) is 0 Å². The van der Waals surface area contributed by atoms with Crippen LogP contribution in [0, 0.1) is 6.92 Å². The Bertz CT molecular complexity index is 652. The van der Waals surface area contributed by atoms with Crippen molar-refractivity contribution in [2.75, 3.05) is 18.9 Å². The van der Waals surface area contributed by atoms with Crippen LogP contribution in [-0.4, -0.2) is 13.2 Å². The Balaban J connectivity index is 1.54. The van der Waals surface area contributed by atoms with E-state index in [1.54, 1.807) is 0 Å². The third-order valence-electron chi connectivity index (χ3n) is 4.20. The van der Waals surface area contributed by atoms with Crippen molar-refractivity contribution in [3.63, 3.8) is 0 Å². The lowest BCUT2D eigenvalue weighted by Crippen LogP contribution is -2.12. The van der Waals surface area contributed by atoms with E-state index in [2.05, 4.69) is 18.2 Å². The maximum absolute atomic E-state index is 5.93. The average molecular weight is 297 g/mol. The minimum absolute atomic E-state index is 0.535. The Hall–Kier alpha value is -2.16. The van der Waals surface area contributed by atoms with E-state index in [0.717, 1.165) is 29.2 Å². The smallest absolute Gasteiger partial charge is 0.122 e. The highest BCUT2D eigenvalue weighted by atomic mass is 16.5. The van der Waals surface area contributed by atoms with Gasteiger partial charge in [0, 0.05) is 5.69 Å². The molecule has 0 radical (unpaired) electrons. The Morgan fingerprint density at radius 1 is 1.00 bits per heavy atom. The molecule has 1 aliphatic rings. The third kappa shape index (κ3) is 3.35. The van der Waals surface area contributed by atoms with Gasteiger partial charge in [0.1, 0.15) is 24.7 Å². The fourth-order valence-electron chi connectivity index (χ4n) is 2.93. The number of aryl methyl sites for hydroxylation is 2. The maximum atomic E-state index is 5.93. The predicted molar refractivity (Wildman–Crippen MR) is 89.7 cm³/mol. The van der Waals surface area contributed by atoms with Gasteiger partial charge in [0.2, 0.25) is 0 Å². The molecule has 3 nitrogen and oxygen atoms in total. The molecule has 2 N–H and O–H groups in total. The Kier molecular flexibility index (Phi) is 4.52. The molecule has 0 saturated carbocycles. The van der Waals surface area contributed by atoms with Crippen molar-refractivity contribution in [3.05, 3.63) is 53.1 Å². The lowest BCUT2D eigenvalue weighted by atomic mass is 9.91. The van der Waals surface area contributed by atoms with E-state index in [1.165, 1.54) is 30.4 Å². The van der Waals surface area contributed by atoms with Gasteiger partial charge < -0.3 is 15.2 Å². The summed E-state index contributed by atoms with van der Waals surface area (Å²) in [6.45, 7) is 3.07. The van der Waals surface area contributed by atoms with Crippen LogP contribution in [0.5, 0.6) is 11.5 Å². The zero-order valence-corrected chi connectivity index (χ0v) is 13.1. The standard InChI is InChI=1S/C19H23NO2/c1-14-13-16(9-10-18(14)20)21-11-12-22-19-8-4-6-15-5-2-3-7-17(15)19/h4,6,8-10,13H,2-3,5,7,11-12,20H2,1H3. The van der Waals surface area contributed by atoms with Gasteiger partial charge in [0.25, 0.3) is 0 Å². The van der Waals surface area contributed by atoms with E-state index in [4.69, 9.17) is 15.2 Å². The van der Waals surface area contributed by atoms with Crippen molar-refractivity contribution in [2.24, 2.45) is 0 Å². The fourth-order valence-corrected chi connectivity index (χ4v) is 2.93. The van der Waals surface area contributed by atoms with Gasteiger partial charge in [-0.2, -0.15) is 0 Å². The second kappa shape index (κ2) is 6.73. The molecule has 116 valence electrons. The number of anilines is 1.